The highest BCUT2D eigenvalue weighted by atomic mass is 32.2. The van der Waals surface area contributed by atoms with Crippen molar-refractivity contribution in [1.29, 1.82) is 0 Å². The third kappa shape index (κ3) is 5.83. The Morgan fingerprint density at radius 1 is 1.58 bits per heavy atom. The molecule has 12 heavy (non-hydrogen) atoms. The topological polar surface area (TPSA) is 47.3 Å². The Labute approximate surface area is 79.4 Å². The van der Waals surface area contributed by atoms with Gasteiger partial charge in [-0.25, -0.2) is 0 Å². The first kappa shape index (κ1) is 12.2. The Kier molecular flexibility index (Phi) is 8.01. The first-order valence-corrected chi connectivity index (χ1v) is 5.36. The summed E-state index contributed by atoms with van der Waals surface area (Å²) in [5.74, 6) is 6.36. The van der Waals surface area contributed by atoms with Gasteiger partial charge in [-0.1, -0.05) is 13.8 Å². The molecule has 0 fully saturated rings. The van der Waals surface area contributed by atoms with Crippen LogP contribution in [0.1, 0.15) is 20.3 Å². The van der Waals surface area contributed by atoms with Crippen molar-refractivity contribution in [3.05, 3.63) is 0 Å². The molecule has 2 atom stereocenters. The standard InChI is InChI=1S/C8H20N2OS/c1-4-7(2)12-6-8(10-9)5-11-3/h7-8,10H,4-6,9H2,1-3H3. The van der Waals surface area contributed by atoms with Crippen LogP contribution in [0.3, 0.4) is 0 Å². The van der Waals surface area contributed by atoms with E-state index in [1.54, 1.807) is 7.11 Å². The summed E-state index contributed by atoms with van der Waals surface area (Å²) in [4.78, 5) is 0. The van der Waals surface area contributed by atoms with Crippen LogP contribution in [0, 0.1) is 0 Å². The quantitative estimate of drug-likeness (QED) is 0.466. The van der Waals surface area contributed by atoms with Crippen molar-refractivity contribution >= 4 is 11.8 Å². The molecule has 0 aliphatic heterocycles. The molecule has 0 amide bonds. The number of methoxy groups -OCH3 is 1. The largest absolute Gasteiger partial charge is 0.383 e. The lowest BCUT2D eigenvalue weighted by Crippen LogP contribution is -2.40. The molecule has 0 aromatic heterocycles. The van der Waals surface area contributed by atoms with Crippen molar-refractivity contribution in [3.63, 3.8) is 0 Å². The number of thioether (sulfide) groups is 1. The fourth-order valence-electron chi connectivity index (χ4n) is 0.744. The van der Waals surface area contributed by atoms with E-state index >= 15 is 0 Å². The van der Waals surface area contributed by atoms with Crippen LogP contribution >= 0.6 is 11.8 Å². The normalized spacial score (nSPS) is 16.0. The maximum absolute atomic E-state index is 5.34. The molecule has 0 aromatic rings. The summed E-state index contributed by atoms with van der Waals surface area (Å²) in [6.07, 6.45) is 1.20. The van der Waals surface area contributed by atoms with Gasteiger partial charge in [-0.05, 0) is 6.42 Å². The van der Waals surface area contributed by atoms with Gasteiger partial charge in [0, 0.05) is 18.1 Å². The monoisotopic (exact) mass is 192 g/mol. The molecule has 0 aliphatic rings. The van der Waals surface area contributed by atoms with E-state index in [2.05, 4.69) is 19.3 Å². The van der Waals surface area contributed by atoms with E-state index in [4.69, 9.17) is 10.6 Å². The highest BCUT2D eigenvalue weighted by Crippen LogP contribution is 2.14. The molecule has 0 saturated heterocycles. The van der Waals surface area contributed by atoms with Crippen molar-refractivity contribution < 1.29 is 4.74 Å². The van der Waals surface area contributed by atoms with Gasteiger partial charge in [0.1, 0.15) is 0 Å². The van der Waals surface area contributed by atoms with Crippen LogP contribution in [0.2, 0.25) is 0 Å². The summed E-state index contributed by atoms with van der Waals surface area (Å²) in [6.45, 7) is 5.10. The second kappa shape index (κ2) is 7.86. The zero-order valence-corrected chi connectivity index (χ0v) is 8.99. The van der Waals surface area contributed by atoms with Crippen LogP contribution < -0.4 is 11.3 Å². The zero-order valence-electron chi connectivity index (χ0n) is 8.17. The van der Waals surface area contributed by atoms with Gasteiger partial charge in [0.15, 0.2) is 0 Å². The van der Waals surface area contributed by atoms with E-state index in [1.165, 1.54) is 6.42 Å². The van der Waals surface area contributed by atoms with E-state index < -0.39 is 0 Å². The second-order valence-corrected chi connectivity index (χ2v) is 4.34. The molecule has 3 nitrogen and oxygen atoms in total. The number of hydrogen-bond acceptors (Lipinski definition) is 4. The van der Waals surface area contributed by atoms with Gasteiger partial charge in [-0.2, -0.15) is 11.8 Å². The molecule has 3 N–H and O–H groups in total. The van der Waals surface area contributed by atoms with Gasteiger partial charge in [0.2, 0.25) is 0 Å². The van der Waals surface area contributed by atoms with Gasteiger partial charge in [0.25, 0.3) is 0 Å². The van der Waals surface area contributed by atoms with Crippen LogP contribution in [0.15, 0.2) is 0 Å². The molecule has 0 saturated carbocycles. The minimum absolute atomic E-state index is 0.272. The van der Waals surface area contributed by atoms with Crippen LogP contribution in [0.25, 0.3) is 0 Å². The SMILES string of the molecule is CCC(C)SCC(COC)NN. The average Bonchev–Trinajstić information content (AvgIpc) is 2.11. The Balaban J connectivity index is 3.43. The smallest absolute Gasteiger partial charge is 0.0637 e. The van der Waals surface area contributed by atoms with E-state index in [0.29, 0.717) is 11.9 Å². The summed E-state index contributed by atoms with van der Waals surface area (Å²) in [5.41, 5.74) is 2.74. The van der Waals surface area contributed by atoms with Crippen molar-refractivity contribution in [3.8, 4) is 0 Å². The summed E-state index contributed by atoms with van der Waals surface area (Å²) >= 11 is 1.93. The average molecular weight is 192 g/mol. The van der Waals surface area contributed by atoms with Crippen LogP contribution in [-0.4, -0.2) is 30.8 Å². The third-order valence-corrected chi connectivity index (χ3v) is 3.26. The predicted molar refractivity (Wildman–Crippen MR) is 55.2 cm³/mol. The summed E-state index contributed by atoms with van der Waals surface area (Å²) in [7, 11) is 1.69. The Bertz CT molecular complexity index is 103. The van der Waals surface area contributed by atoms with Crippen molar-refractivity contribution in [2.75, 3.05) is 19.5 Å². The maximum atomic E-state index is 5.34. The fraction of sp³-hybridized carbons (Fsp3) is 1.00. The lowest BCUT2D eigenvalue weighted by Gasteiger charge is -2.16. The van der Waals surface area contributed by atoms with E-state index in [-0.39, 0.29) is 6.04 Å². The first-order chi connectivity index (χ1) is 5.74. The predicted octanol–water partition coefficient (Wildman–Crippen LogP) is 0.996. The molecule has 4 heteroatoms. The first-order valence-electron chi connectivity index (χ1n) is 4.31. The van der Waals surface area contributed by atoms with Gasteiger partial charge >= 0.3 is 0 Å². The Hall–Kier alpha value is 0.230. The number of hydrazine groups is 1. The fourth-order valence-corrected chi connectivity index (χ4v) is 1.73. The molecule has 0 heterocycles. The molecule has 0 aliphatic carbocycles. The second-order valence-electron chi connectivity index (χ2n) is 2.87. The molecular formula is C8H20N2OS. The summed E-state index contributed by atoms with van der Waals surface area (Å²) in [5, 5.41) is 0.706. The molecule has 0 bridgehead atoms. The van der Waals surface area contributed by atoms with Crippen LogP contribution in [-0.2, 0) is 4.74 Å². The van der Waals surface area contributed by atoms with Crippen LogP contribution in [0.5, 0.6) is 0 Å². The molecular weight excluding hydrogens is 172 g/mol. The molecule has 74 valence electrons. The molecule has 0 spiro atoms. The lowest BCUT2D eigenvalue weighted by atomic mass is 10.4. The van der Waals surface area contributed by atoms with Crippen LogP contribution in [0.4, 0.5) is 0 Å². The summed E-state index contributed by atoms with van der Waals surface area (Å²) in [6, 6.07) is 0.272. The molecule has 0 aromatic carbocycles. The zero-order chi connectivity index (χ0) is 9.40. The van der Waals surface area contributed by atoms with E-state index in [9.17, 15) is 0 Å². The molecule has 2 unspecified atom stereocenters. The van der Waals surface area contributed by atoms with Crippen molar-refractivity contribution in [1.82, 2.24) is 5.43 Å². The van der Waals surface area contributed by atoms with Gasteiger partial charge in [-0.3, -0.25) is 11.3 Å². The van der Waals surface area contributed by atoms with E-state index in [0.717, 1.165) is 5.75 Å². The van der Waals surface area contributed by atoms with Gasteiger partial charge in [-0.15, -0.1) is 0 Å². The minimum Gasteiger partial charge on any atom is -0.383 e. The Morgan fingerprint density at radius 3 is 2.67 bits per heavy atom. The molecule has 0 radical (unpaired) electrons. The summed E-state index contributed by atoms with van der Waals surface area (Å²) < 4.78 is 5.00. The minimum atomic E-state index is 0.272. The lowest BCUT2D eigenvalue weighted by molar-refractivity contribution is 0.174. The Morgan fingerprint density at radius 2 is 2.25 bits per heavy atom. The number of rotatable bonds is 7. The number of nitrogens with one attached hydrogen (secondary N) is 1. The maximum Gasteiger partial charge on any atom is 0.0637 e. The van der Waals surface area contributed by atoms with Gasteiger partial charge in [0.05, 0.1) is 12.6 Å². The molecule has 0 rings (SSSR count). The third-order valence-electron chi connectivity index (χ3n) is 1.76. The van der Waals surface area contributed by atoms with Gasteiger partial charge < -0.3 is 4.74 Å². The number of ether oxygens (including phenoxy) is 1. The highest BCUT2D eigenvalue weighted by molar-refractivity contribution is 7.99. The number of nitrogens with two attached hydrogens (primary N) is 1. The highest BCUT2D eigenvalue weighted by Gasteiger charge is 2.07. The number of hydrogen-bond donors (Lipinski definition) is 2. The van der Waals surface area contributed by atoms with Crippen molar-refractivity contribution in [2.24, 2.45) is 5.84 Å². The van der Waals surface area contributed by atoms with E-state index in [1.807, 2.05) is 11.8 Å². The van der Waals surface area contributed by atoms with Crippen molar-refractivity contribution in [2.45, 2.75) is 31.6 Å².